The number of hydrogen-bond acceptors (Lipinski definition) is 7. The Kier molecular flexibility index (Phi) is 7.89. The lowest BCUT2D eigenvalue weighted by molar-refractivity contribution is -0.384. The molecule has 0 unspecified atom stereocenters. The Morgan fingerprint density at radius 3 is 2.28 bits per heavy atom. The Labute approximate surface area is 209 Å². The Hall–Kier alpha value is -4.27. The van der Waals surface area contributed by atoms with Crippen LogP contribution >= 0.6 is 0 Å². The summed E-state index contributed by atoms with van der Waals surface area (Å²) in [6.07, 6.45) is 1.17. The van der Waals surface area contributed by atoms with Gasteiger partial charge in [-0.05, 0) is 49.4 Å². The number of nitrogens with zero attached hydrogens (tertiary/aromatic N) is 2. The molecule has 1 fully saturated rings. The van der Waals surface area contributed by atoms with Gasteiger partial charge in [-0.25, -0.2) is 0 Å². The first kappa shape index (κ1) is 24.8. The number of benzene rings is 3. The summed E-state index contributed by atoms with van der Waals surface area (Å²) in [5, 5.41) is 11.4. The van der Waals surface area contributed by atoms with E-state index in [1.165, 1.54) is 18.2 Å². The van der Waals surface area contributed by atoms with Crippen LogP contribution < -0.4 is 18.9 Å². The van der Waals surface area contributed by atoms with Gasteiger partial charge in [0.2, 0.25) is 0 Å². The molecule has 1 heterocycles. The molecular formula is C27H28N2O7. The second-order valence-electron chi connectivity index (χ2n) is 8.20. The van der Waals surface area contributed by atoms with Gasteiger partial charge >= 0.3 is 0 Å². The molecule has 0 N–H and O–H groups in total. The summed E-state index contributed by atoms with van der Waals surface area (Å²) in [4.78, 5) is 26.0. The van der Waals surface area contributed by atoms with Gasteiger partial charge in [0.05, 0.1) is 24.2 Å². The summed E-state index contributed by atoms with van der Waals surface area (Å²) in [7, 11) is 1.56. The van der Waals surface area contributed by atoms with Gasteiger partial charge < -0.3 is 23.8 Å². The minimum absolute atomic E-state index is 0.0733. The largest absolute Gasteiger partial charge is 0.497 e. The van der Waals surface area contributed by atoms with Crippen LogP contribution in [0.2, 0.25) is 0 Å². The first-order valence-electron chi connectivity index (χ1n) is 11.8. The lowest BCUT2D eigenvalue weighted by Gasteiger charge is -2.32. The van der Waals surface area contributed by atoms with E-state index < -0.39 is 4.92 Å². The molecule has 1 saturated heterocycles. The van der Waals surface area contributed by atoms with Gasteiger partial charge in [0.25, 0.3) is 11.6 Å². The van der Waals surface area contributed by atoms with E-state index >= 15 is 0 Å². The third kappa shape index (κ3) is 5.86. The second-order valence-corrected chi connectivity index (χ2v) is 8.20. The molecule has 0 aromatic heterocycles. The highest BCUT2D eigenvalue weighted by atomic mass is 16.6. The standard InChI is InChI=1S/C27H28N2O7/c1-3-34-25-6-4-5-7-26(25)36-22-14-16-28(17-15-22)27(30)23-18-19(29(31)32)8-13-24(23)35-21-11-9-20(33-2)10-12-21/h4-13,18,22H,3,14-17H2,1-2H3. The number of rotatable bonds is 9. The molecule has 0 bridgehead atoms. The summed E-state index contributed by atoms with van der Waals surface area (Å²) in [5.41, 5.74) is -0.0349. The van der Waals surface area contributed by atoms with Crippen molar-refractivity contribution in [2.24, 2.45) is 0 Å². The quantitative estimate of drug-likeness (QED) is 0.288. The number of hydrogen-bond donors (Lipinski definition) is 0. The third-order valence-corrected chi connectivity index (χ3v) is 5.86. The smallest absolute Gasteiger partial charge is 0.270 e. The number of ether oxygens (including phenoxy) is 4. The number of nitro benzene ring substituents is 1. The van der Waals surface area contributed by atoms with Crippen LogP contribution in [0.1, 0.15) is 30.1 Å². The van der Waals surface area contributed by atoms with Gasteiger partial charge in [0, 0.05) is 38.1 Å². The number of amides is 1. The molecule has 4 rings (SSSR count). The molecule has 9 nitrogen and oxygen atoms in total. The minimum atomic E-state index is -0.524. The zero-order valence-corrected chi connectivity index (χ0v) is 20.2. The van der Waals surface area contributed by atoms with Crippen molar-refractivity contribution in [3.63, 3.8) is 0 Å². The summed E-state index contributed by atoms with van der Waals surface area (Å²) >= 11 is 0. The summed E-state index contributed by atoms with van der Waals surface area (Å²) in [6.45, 7) is 3.36. The number of para-hydroxylation sites is 2. The normalized spacial score (nSPS) is 13.7. The van der Waals surface area contributed by atoms with Crippen molar-refractivity contribution in [3.8, 4) is 28.7 Å². The zero-order chi connectivity index (χ0) is 25.5. The van der Waals surface area contributed by atoms with Crippen LogP contribution in [-0.4, -0.2) is 48.6 Å². The molecule has 1 aliphatic heterocycles. The summed E-state index contributed by atoms with van der Waals surface area (Å²) in [5.74, 6) is 2.44. The van der Waals surface area contributed by atoms with Crippen LogP contribution in [-0.2, 0) is 0 Å². The van der Waals surface area contributed by atoms with E-state index in [0.29, 0.717) is 55.5 Å². The molecule has 0 spiro atoms. The van der Waals surface area contributed by atoms with Crippen LogP contribution in [0, 0.1) is 10.1 Å². The van der Waals surface area contributed by atoms with Gasteiger partial charge in [-0.3, -0.25) is 14.9 Å². The van der Waals surface area contributed by atoms with E-state index in [1.807, 2.05) is 31.2 Å². The van der Waals surface area contributed by atoms with Crippen LogP contribution in [0.15, 0.2) is 66.7 Å². The van der Waals surface area contributed by atoms with Crippen molar-refractivity contribution in [2.75, 3.05) is 26.8 Å². The van der Waals surface area contributed by atoms with Gasteiger partial charge in [-0.15, -0.1) is 0 Å². The average molecular weight is 493 g/mol. The van der Waals surface area contributed by atoms with Crippen LogP contribution in [0.4, 0.5) is 5.69 Å². The Morgan fingerprint density at radius 1 is 0.972 bits per heavy atom. The van der Waals surface area contributed by atoms with Crippen molar-refractivity contribution in [1.29, 1.82) is 0 Å². The van der Waals surface area contributed by atoms with E-state index in [1.54, 1.807) is 36.3 Å². The minimum Gasteiger partial charge on any atom is -0.497 e. The molecule has 0 aliphatic carbocycles. The molecule has 188 valence electrons. The fourth-order valence-corrected chi connectivity index (χ4v) is 4.01. The predicted octanol–water partition coefficient (Wildman–Crippen LogP) is 5.48. The monoisotopic (exact) mass is 492 g/mol. The van der Waals surface area contributed by atoms with Crippen molar-refractivity contribution in [2.45, 2.75) is 25.9 Å². The number of non-ortho nitro benzene ring substituents is 1. The maximum atomic E-state index is 13.4. The average Bonchev–Trinajstić information content (AvgIpc) is 2.90. The highest BCUT2D eigenvalue weighted by molar-refractivity contribution is 5.97. The topological polar surface area (TPSA) is 100 Å². The molecule has 9 heteroatoms. The van der Waals surface area contributed by atoms with Gasteiger partial charge in [0.15, 0.2) is 11.5 Å². The first-order valence-corrected chi connectivity index (χ1v) is 11.8. The first-order chi connectivity index (χ1) is 17.5. The molecule has 3 aromatic carbocycles. The number of nitro groups is 1. The van der Waals surface area contributed by atoms with Crippen LogP contribution in [0.5, 0.6) is 28.7 Å². The van der Waals surface area contributed by atoms with E-state index in [0.717, 1.165) is 0 Å². The van der Waals surface area contributed by atoms with Gasteiger partial charge in [0.1, 0.15) is 23.4 Å². The lowest BCUT2D eigenvalue weighted by atomic mass is 10.1. The Balaban J connectivity index is 1.47. The van der Waals surface area contributed by atoms with Crippen molar-refractivity contribution >= 4 is 11.6 Å². The summed E-state index contributed by atoms with van der Waals surface area (Å²) in [6, 6.07) is 18.4. The molecule has 1 amide bonds. The lowest BCUT2D eigenvalue weighted by Crippen LogP contribution is -2.41. The van der Waals surface area contributed by atoms with E-state index in [4.69, 9.17) is 18.9 Å². The number of likely N-dealkylation sites (tertiary alicyclic amines) is 1. The molecule has 1 aliphatic rings. The number of carbonyl (C=O) groups is 1. The maximum absolute atomic E-state index is 13.4. The van der Waals surface area contributed by atoms with Crippen molar-refractivity contribution < 1.29 is 28.7 Å². The SMILES string of the molecule is CCOc1ccccc1OC1CCN(C(=O)c2cc([N+](=O)[O-])ccc2Oc2ccc(OC)cc2)CC1. The molecule has 36 heavy (non-hydrogen) atoms. The highest BCUT2D eigenvalue weighted by Crippen LogP contribution is 2.33. The third-order valence-electron chi connectivity index (χ3n) is 5.86. The fourth-order valence-electron chi connectivity index (χ4n) is 4.01. The van der Waals surface area contributed by atoms with Crippen LogP contribution in [0.25, 0.3) is 0 Å². The second kappa shape index (κ2) is 11.4. The number of piperidine rings is 1. The number of methoxy groups -OCH3 is 1. The number of carbonyl (C=O) groups excluding carboxylic acids is 1. The molecule has 3 aromatic rings. The van der Waals surface area contributed by atoms with Gasteiger partial charge in [-0.1, -0.05) is 12.1 Å². The fraction of sp³-hybridized carbons (Fsp3) is 0.296. The van der Waals surface area contributed by atoms with Gasteiger partial charge in [-0.2, -0.15) is 0 Å². The van der Waals surface area contributed by atoms with E-state index in [-0.39, 0.29) is 29.0 Å². The molecule has 0 radical (unpaired) electrons. The van der Waals surface area contributed by atoms with E-state index in [9.17, 15) is 14.9 Å². The van der Waals surface area contributed by atoms with Crippen LogP contribution in [0.3, 0.4) is 0 Å². The Morgan fingerprint density at radius 2 is 1.64 bits per heavy atom. The molecule has 0 saturated carbocycles. The molecular weight excluding hydrogens is 464 g/mol. The van der Waals surface area contributed by atoms with Crippen molar-refractivity contribution in [3.05, 3.63) is 82.4 Å². The predicted molar refractivity (Wildman–Crippen MR) is 133 cm³/mol. The highest BCUT2D eigenvalue weighted by Gasteiger charge is 2.28. The Bertz CT molecular complexity index is 1200. The summed E-state index contributed by atoms with van der Waals surface area (Å²) < 4.78 is 22.9. The molecule has 0 atom stereocenters. The van der Waals surface area contributed by atoms with Crippen molar-refractivity contribution in [1.82, 2.24) is 4.90 Å². The maximum Gasteiger partial charge on any atom is 0.270 e. The van der Waals surface area contributed by atoms with E-state index in [2.05, 4.69) is 0 Å². The zero-order valence-electron chi connectivity index (χ0n) is 20.2.